The summed E-state index contributed by atoms with van der Waals surface area (Å²) in [4.78, 5) is 4.45. The predicted octanol–water partition coefficient (Wildman–Crippen LogP) is 2.05. The van der Waals surface area contributed by atoms with Gasteiger partial charge < -0.3 is 5.32 Å². The van der Waals surface area contributed by atoms with Gasteiger partial charge in [0.05, 0.1) is 5.69 Å². The van der Waals surface area contributed by atoms with E-state index in [0.29, 0.717) is 6.54 Å². The van der Waals surface area contributed by atoms with E-state index >= 15 is 0 Å². The summed E-state index contributed by atoms with van der Waals surface area (Å²) < 4.78 is 1.80. The van der Waals surface area contributed by atoms with Crippen molar-refractivity contribution in [1.29, 1.82) is 0 Å². The van der Waals surface area contributed by atoms with Crippen molar-refractivity contribution in [3.63, 3.8) is 0 Å². The van der Waals surface area contributed by atoms with Crippen LogP contribution >= 0.6 is 11.3 Å². The van der Waals surface area contributed by atoms with Crippen LogP contribution < -0.4 is 5.32 Å². The molecule has 0 atom stereocenters. The molecule has 3 rings (SSSR count). The number of nitrogens with one attached hydrogen (secondary N) is 1. The molecule has 0 spiro atoms. The van der Waals surface area contributed by atoms with Crippen LogP contribution in [-0.4, -0.2) is 25.0 Å². The van der Waals surface area contributed by atoms with Crippen LogP contribution in [0.3, 0.4) is 0 Å². The van der Waals surface area contributed by atoms with E-state index < -0.39 is 0 Å². The number of hydrogen-bond acceptors (Lipinski definition) is 6. The molecular weight excluding hydrogens is 260 g/mol. The van der Waals surface area contributed by atoms with E-state index in [-0.39, 0.29) is 0 Å². The molecule has 19 heavy (non-hydrogen) atoms. The quantitative estimate of drug-likeness (QED) is 0.791. The molecule has 0 aliphatic heterocycles. The second-order valence-corrected chi connectivity index (χ2v) is 5.59. The summed E-state index contributed by atoms with van der Waals surface area (Å²) in [6.07, 6.45) is 1.87. The number of nitrogens with zero attached hydrogens (tertiary/aromatic N) is 5. The van der Waals surface area contributed by atoms with Gasteiger partial charge in [0.2, 0.25) is 5.13 Å². The fourth-order valence-electron chi connectivity index (χ4n) is 1.99. The fourth-order valence-corrected chi connectivity index (χ4v) is 2.58. The Morgan fingerprint density at radius 1 is 1.32 bits per heavy atom. The molecule has 3 aromatic heterocycles. The van der Waals surface area contributed by atoms with Crippen LogP contribution in [0.15, 0.2) is 12.3 Å². The van der Waals surface area contributed by atoms with E-state index in [2.05, 4.69) is 31.7 Å². The first-order chi connectivity index (χ1) is 9.13. The minimum atomic E-state index is 0.686. The van der Waals surface area contributed by atoms with E-state index in [4.69, 9.17) is 0 Å². The second kappa shape index (κ2) is 4.58. The molecule has 0 amide bonds. The number of hydrogen-bond donors (Lipinski definition) is 1. The van der Waals surface area contributed by atoms with Gasteiger partial charge in [-0.1, -0.05) is 11.3 Å². The molecule has 0 saturated heterocycles. The molecule has 0 radical (unpaired) electrons. The molecule has 0 fully saturated rings. The van der Waals surface area contributed by atoms with Gasteiger partial charge in [0, 0.05) is 25.2 Å². The minimum Gasteiger partial charge on any atom is -0.356 e. The molecule has 0 aliphatic rings. The van der Waals surface area contributed by atoms with E-state index in [9.17, 15) is 0 Å². The van der Waals surface area contributed by atoms with Gasteiger partial charge in [0.25, 0.3) is 0 Å². The average molecular weight is 274 g/mol. The third-order valence-corrected chi connectivity index (χ3v) is 3.69. The van der Waals surface area contributed by atoms with Gasteiger partial charge in [0.15, 0.2) is 5.65 Å². The maximum atomic E-state index is 4.45. The van der Waals surface area contributed by atoms with Gasteiger partial charge in [-0.15, -0.1) is 10.2 Å². The highest BCUT2D eigenvalue weighted by atomic mass is 32.1. The van der Waals surface area contributed by atoms with Crippen molar-refractivity contribution < 1.29 is 0 Å². The molecule has 7 heteroatoms. The monoisotopic (exact) mass is 274 g/mol. The Balaban J connectivity index is 1.83. The first kappa shape index (κ1) is 12.0. The molecule has 0 unspecified atom stereocenters. The molecule has 6 nitrogen and oxygen atoms in total. The Morgan fingerprint density at radius 2 is 2.16 bits per heavy atom. The van der Waals surface area contributed by atoms with Crippen molar-refractivity contribution in [2.24, 2.45) is 7.05 Å². The molecule has 3 heterocycles. The number of fused-ring (bicyclic) bond motifs is 1. The third kappa shape index (κ3) is 2.28. The smallest absolute Gasteiger partial charge is 0.205 e. The maximum Gasteiger partial charge on any atom is 0.205 e. The normalized spacial score (nSPS) is 11.1. The summed E-state index contributed by atoms with van der Waals surface area (Å²) in [5.74, 6) is 0. The number of anilines is 1. The van der Waals surface area contributed by atoms with Gasteiger partial charge in [-0.3, -0.25) is 4.68 Å². The lowest BCUT2D eigenvalue weighted by atomic mass is 10.2. The number of rotatable bonds is 3. The molecular formula is C12H14N6S. The SMILES string of the molecule is Cc1nnc(NCc2cnc3c(c2)c(C)nn3C)s1. The summed E-state index contributed by atoms with van der Waals surface area (Å²) in [7, 11) is 1.91. The lowest BCUT2D eigenvalue weighted by molar-refractivity contribution is 0.773. The van der Waals surface area contributed by atoms with Crippen molar-refractivity contribution in [3.8, 4) is 0 Å². The molecule has 0 saturated carbocycles. The number of pyridine rings is 1. The van der Waals surface area contributed by atoms with Crippen LogP contribution in [0.1, 0.15) is 16.3 Å². The standard InChI is InChI=1S/C12H14N6S/c1-7-10-4-9(5-13-11(10)18(3)17-7)6-14-12-16-15-8(2)19-12/h4-5H,6H2,1-3H3,(H,14,16). The van der Waals surface area contributed by atoms with Crippen LogP contribution in [0.4, 0.5) is 5.13 Å². The zero-order valence-corrected chi connectivity index (χ0v) is 11.8. The molecule has 0 aromatic carbocycles. The Labute approximate surface area is 114 Å². The van der Waals surface area contributed by atoms with Crippen molar-refractivity contribution in [1.82, 2.24) is 25.0 Å². The Hall–Kier alpha value is -2.02. The van der Waals surface area contributed by atoms with E-state index in [1.807, 2.05) is 27.1 Å². The zero-order chi connectivity index (χ0) is 13.4. The molecule has 0 bridgehead atoms. The maximum absolute atomic E-state index is 4.45. The number of aryl methyl sites for hydroxylation is 3. The predicted molar refractivity (Wildman–Crippen MR) is 75.2 cm³/mol. The molecule has 98 valence electrons. The van der Waals surface area contributed by atoms with Gasteiger partial charge in [-0.25, -0.2) is 4.98 Å². The Kier molecular flexibility index (Phi) is 2.90. The van der Waals surface area contributed by atoms with Crippen LogP contribution in [0.5, 0.6) is 0 Å². The van der Waals surface area contributed by atoms with Crippen molar-refractivity contribution >= 4 is 27.5 Å². The van der Waals surface area contributed by atoms with Gasteiger partial charge in [-0.2, -0.15) is 5.10 Å². The lowest BCUT2D eigenvalue weighted by Crippen LogP contribution is -2.00. The van der Waals surface area contributed by atoms with Crippen LogP contribution in [-0.2, 0) is 13.6 Å². The van der Waals surface area contributed by atoms with Gasteiger partial charge in [-0.05, 0) is 25.5 Å². The van der Waals surface area contributed by atoms with Crippen LogP contribution in [0.2, 0.25) is 0 Å². The summed E-state index contributed by atoms with van der Waals surface area (Å²) in [5, 5.41) is 18.5. The Morgan fingerprint density at radius 3 is 2.89 bits per heavy atom. The van der Waals surface area contributed by atoms with Gasteiger partial charge >= 0.3 is 0 Å². The van der Waals surface area contributed by atoms with Crippen molar-refractivity contribution in [2.45, 2.75) is 20.4 Å². The topological polar surface area (TPSA) is 68.5 Å². The van der Waals surface area contributed by atoms with E-state index in [0.717, 1.165) is 32.4 Å². The third-order valence-electron chi connectivity index (χ3n) is 2.89. The largest absolute Gasteiger partial charge is 0.356 e. The van der Waals surface area contributed by atoms with Crippen molar-refractivity contribution in [3.05, 3.63) is 28.5 Å². The molecule has 1 N–H and O–H groups in total. The van der Waals surface area contributed by atoms with Crippen LogP contribution in [0, 0.1) is 13.8 Å². The molecule has 3 aromatic rings. The summed E-state index contributed by atoms with van der Waals surface area (Å²) in [6, 6.07) is 2.12. The lowest BCUT2D eigenvalue weighted by Gasteiger charge is -2.02. The van der Waals surface area contributed by atoms with E-state index in [1.165, 1.54) is 0 Å². The van der Waals surface area contributed by atoms with E-state index in [1.54, 1.807) is 16.0 Å². The second-order valence-electron chi connectivity index (χ2n) is 4.40. The summed E-state index contributed by atoms with van der Waals surface area (Å²) in [5.41, 5.74) is 3.02. The minimum absolute atomic E-state index is 0.686. The van der Waals surface area contributed by atoms with Crippen molar-refractivity contribution in [2.75, 3.05) is 5.32 Å². The summed E-state index contributed by atoms with van der Waals surface area (Å²) >= 11 is 1.55. The first-order valence-electron chi connectivity index (χ1n) is 5.95. The summed E-state index contributed by atoms with van der Waals surface area (Å²) in [6.45, 7) is 4.62. The van der Waals surface area contributed by atoms with Crippen LogP contribution in [0.25, 0.3) is 11.0 Å². The average Bonchev–Trinajstić information content (AvgIpc) is 2.92. The molecule has 0 aliphatic carbocycles. The highest BCUT2D eigenvalue weighted by Crippen LogP contribution is 2.18. The Bertz CT molecular complexity index is 729. The highest BCUT2D eigenvalue weighted by Gasteiger charge is 2.07. The zero-order valence-electron chi connectivity index (χ0n) is 11.0. The highest BCUT2D eigenvalue weighted by molar-refractivity contribution is 7.15. The number of aromatic nitrogens is 5. The first-order valence-corrected chi connectivity index (χ1v) is 6.77. The van der Waals surface area contributed by atoms with Gasteiger partial charge in [0.1, 0.15) is 5.01 Å². The fraction of sp³-hybridized carbons (Fsp3) is 0.333.